The molecular weight excluding hydrogens is 250 g/mol. The molecule has 2 aromatic rings. The van der Waals surface area contributed by atoms with Gasteiger partial charge >= 0.3 is 0 Å². The second-order valence-corrected chi connectivity index (χ2v) is 4.08. The quantitative estimate of drug-likeness (QED) is 0.857. The van der Waals surface area contributed by atoms with Crippen molar-refractivity contribution >= 4 is 23.1 Å². The van der Waals surface area contributed by atoms with Gasteiger partial charge in [-0.25, -0.2) is 9.97 Å². The van der Waals surface area contributed by atoms with Crippen LogP contribution in [0.1, 0.15) is 12.5 Å². The molecule has 0 aliphatic carbocycles. The molecule has 94 valence electrons. The molecule has 5 heteroatoms. The summed E-state index contributed by atoms with van der Waals surface area (Å²) in [4.78, 5) is 8.08. The molecule has 18 heavy (non-hydrogen) atoms. The van der Waals surface area contributed by atoms with Crippen LogP contribution in [-0.4, -0.2) is 16.6 Å². The van der Waals surface area contributed by atoms with Crippen LogP contribution >= 0.6 is 11.6 Å². The molecule has 0 atom stereocenters. The van der Waals surface area contributed by atoms with Crippen molar-refractivity contribution in [3.63, 3.8) is 0 Å². The van der Waals surface area contributed by atoms with Crippen molar-refractivity contribution in [3.8, 4) is 5.75 Å². The van der Waals surface area contributed by atoms with Gasteiger partial charge in [-0.3, -0.25) is 0 Å². The highest BCUT2D eigenvalue weighted by atomic mass is 35.5. The summed E-state index contributed by atoms with van der Waals surface area (Å²) in [5.74, 6) is 1.52. The Morgan fingerprint density at radius 1 is 1.33 bits per heavy atom. The third kappa shape index (κ3) is 2.90. The second-order valence-electron chi connectivity index (χ2n) is 3.72. The Balaban J connectivity index is 2.23. The average molecular weight is 264 g/mol. The van der Waals surface area contributed by atoms with E-state index in [4.69, 9.17) is 16.3 Å². The fraction of sp³-hybridized carbons (Fsp3) is 0.231. The van der Waals surface area contributed by atoms with Gasteiger partial charge in [0.05, 0.1) is 6.61 Å². The Bertz CT molecular complexity index is 546. The Kier molecular flexibility index (Phi) is 3.99. The maximum atomic E-state index is 5.95. The van der Waals surface area contributed by atoms with Crippen molar-refractivity contribution in [2.75, 3.05) is 11.9 Å². The molecule has 1 heterocycles. The van der Waals surface area contributed by atoms with Gasteiger partial charge in [-0.15, -0.1) is 0 Å². The lowest BCUT2D eigenvalue weighted by atomic mass is 10.3. The van der Waals surface area contributed by atoms with Gasteiger partial charge in [0.25, 0.3) is 0 Å². The maximum absolute atomic E-state index is 5.95. The number of rotatable bonds is 4. The summed E-state index contributed by atoms with van der Waals surface area (Å²) in [6.07, 6.45) is 1.43. The van der Waals surface area contributed by atoms with E-state index in [0.29, 0.717) is 17.6 Å². The molecule has 0 aliphatic heterocycles. The summed E-state index contributed by atoms with van der Waals surface area (Å²) in [6.45, 7) is 4.47. The zero-order valence-electron chi connectivity index (χ0n) is 10.3. The molecular formula is C13H14ClN3O. The van der Waals surface area contributed by atoms with Crippen LogP contribution in [-0.2, 0) is 0 Å². The maximum Gasteiger partial charge on any atom is 0.138 e. The molecule has 0 saturated carbocycles. The van der Waals surface area contributed by atoms with Crippen LogP contribution in [0.3, 0.4) is 0 Å². The molecule has 0 saturated heterocycles. The average Bonchev–Trinajstić information content (AvgIpc) is 2.36. The van der Waals surface area contributed by atoms with Crippen molar-refractivity contribution in [2.24, 2.45) is 0 Å². The van der Waals surface area contributed by atoms with Gasteiger partial charge in [0.15, 0.2) is 0 Å². The van der Waals surface area contributed by atoms with Gasteiger partial charge in [-0.05, 0) is 26.0 Å². The van der Waals surface area contributed by atoms with Crippen molar-refractivity contribution in [1.29, 1.82) is 0 Å². The highest BCUT2D eigenvalue weighted by molar-refractivity contribution is 6.30. The Hall–Kier alpha value is -1.81. The molecule has 0 amide bonds. The van der Waals surface area contributed by atoms with Gasteiger partial charge in [-0.2, -0.15) is 0 Å². The van der Waals surface area contributed by atoms with E-state index in [9.17, 15) is 0 Å². The predicted octanol–water partition coefficient (Wildman–Crippen LogP) is 3.58. The fourth-order valence-electron chi connectivity index (χ4n) is 1.52. The van der Waals surface area contributed by atoms with Gasteiger partial charge in [0.1, 0.15) is 23.0 Å². The lowest BCUT2D eigenvalue weighted by Gasteiger charge is -2.10. The van der Waals surface area contributed by atoms with E-state index in [-0.39, 0.29) is 0 Å². The molecule has 0 unspecified atom stereocenters. The number of ether oxygens (including phenoxy) is 1. The van der Waals surface area contributed by atoms with Gasteiger partial charge in [0.2, 0.25) is 0 Å². The number of hydrogen-bond donors (Lipinski definition) is 1. The lowest BCUT2D eigenvalue weighted by Crippen LogP contribution is -1.99. The number of benzene rings is 1. The van der Waals surface area contributed by atoms with E-state index < -0.39 is 0 Å². The minimum Gasteiger partial charge on any atom is -0.494 e. The Morgan fingerprint density at radius 2 is 2.17 bits per heavy atom. The van der Waals surface area contributed by atoms with Crippen LogP contribution in [0.4, 0.5) is 11.5 Å². The molecule has 0 bridgehead atoms. The lowest BCUT2D eigenvalue weighted by molar-refractivity contribution is 0.340. The summed E-state index contributed by atoms with van der Waals surface area (Å²) in [5.41, 5.74) is 1.72. The van der Waals surface area contributed by atoms with Crippen molar-refractivity contribution in [2.45, 2.75) is 13.8 Å². The van der Waals surface area contributed by atoms with Crippen molar-refractivity contribution < 1.29 is 4.74 Å². The predicted molar refractivity (Wildman–Crippen MR) is 72.7 cm³/mol. The van der Waals surface area contributed by atoms with Crippen molar-refractivity contribution in [1.82, 2.24) is 9.97 Å². The zero-order chi connectivity index (χ0) is 13.0. The van der Waals surface area contributed by atoms with Crippen LogP contribution in [0, 0.1) is 6.92 Å². The van der Waals surface area contributed by atoms with Crippen LogP contribution in [0.25, 0.3) is 0 Å². The zero-order valence-corrected chi connectivity index (χ0v) is 11.0. The summed E-state index contributed by atoms with van der Waals surface area (Å²) < 4.78 is 5.44. The molecule has 4 nitrogen and oxygen atoms in total. The first-order chi connectivity index (χ1) is 8.70. The molecule has 1 aromatic carbocycles. The van der Waals surface area contributed by atoms with Gasteiger partial charge < -0.3 is 10.1 Å². The van der Waals surface area contributed by atoms with E-state index in [1.54, 1.807) is 0 Å². The van der Waals surface area contributed by atoms with E-state index in [0.717, 1.165) is 17.0 Å². The topological polar surface area (TPSA) is 47.0 Å². The fourth-order valence-corrected chi connectivity index (χ4v) is 1.65. The highest BCUT2D eigenvalue weighted by Gasteiger charge is 2.05. The Morgan fingerprint density at radius 3 is 2.94 bits per heavy atom. The summed E-state index contributed by atoms with van der Waals surface area (Å²) in [5, 5.41) is 3.65. The largest absolute Gasteiger partial charge is 0.494 e. The monoisotopic (exact) mass is 263 g/mol. The molecule has 0 radical (unpaired) electrons. The van der Waals surface area contributed by atoms with Crippen LogP contribution < -0.4 is 10.1 Å². The highest BCUT2D eigenvalue weighted by Crippen LogP contribution is 2.24. The Labute approximate surface area is 111 Å². The number of hydrogen-bond acceptors (Lipinski definition) is 4. The normalized spacial score (nSPS) is 10.2. The first-order valence-electron chi connectivity index (χ1n) is 5.67. The summed E-state index contributed by atoms with van der Waals surface area (Å²) >= 11 is 5.95. The second kappa shape index (κ2) is 5.69. The number of anilines is 2. The standard InChI is InChI=1S/C13H14ClN3O/c1-3-18-11-6-4-5-10(7-11)17-13-9(2)12(14)15-8-16-13/h4-8H,3H2,1-2H3,(H,15,16,17). The van der Waals surface area contributed by atoms with E-state index in [1.807, 2.05) is 38.1 Å². The van der Waals surface area contributed by atoms with Crippen molar-refractivity contribution in [3.05, 3.63) is 41.3 Å². The number of nitrogens with zero attached hydrogens (tertiary/aromatic N) is 2. The van der Waals surface area contributed by atoms with Crippen LogP contribution in [0.2, 0.25) is 5.15 Å². The SMILES string of the molecule is CCOc1cccc(Nc2ncnc(Cl)c2C)c1. The van der Waals surface area contributed by atoms with Crippen LogP contribution in [0.5, 0.6) is 5.75 Å². The molecule has 1 aromatic heterocycles. The third-order valence-corrected chi connectivity index (χ3v) is 2.81. The third-order valence-electron chi connectivity index (χ3n) is 2.43. The number of halogens is 1. The van der Waals surface area contributed by atoms with E-state index >= 15 is 0 Å². The van der Waals surface area contributed by atoms with Gasteiger partial charge in [0, 0.05) is 17.3 Å². The first kappa shape index (κ1) is 12.6. The number of aromatic nitrogens is 2. The minimum atomic E-state index is 0.452. The molecule has 0 fully saturated rings. The van der Waals surface area contributed by atoms with E-state index in [1.165, 1.54) is 6.33 Å². The van der Waals surface area contributed by atoms with Crippen LogP contribution in [0.15, 0.2) is 30.6 Å². The smallest absolute Gasteiger partial charge is 0.138 e. The molecule has 0 spiro atoms. The summed E-state index contributed by atoms with van der Waals surface area (Å²) in [7, 11) is 0. The molecule has 2 rings (SSSR count). The molecule has 1 N–H and O–H groups in total. The first-order valence-corrected chi connectivity index (χ1v) is 6.05. The number of nitrogens with one attached hydrogen (secondary N) is 1. The van der Waals surface area contributed by atoms with E-state index in [2.05, 4.69) is 15.3 Å². The molecule has 0 aliphatic rings. The summed E-state index contributed by atoms with van der Waals surface area (Å²) in [6, 6.07) is 7.69. The minimum absolute atomic E-state index is 0.452. The van der Waals surface area contributed by atoms with Gasteiger partial charge in [-0.1, -0.05) is 17.7 Å².